The van der Waals surface area contributed by atoms with Gasteiger partial charge in [0.2, 0.25) is 0 Å². The molecule has 2 aliphatic heterocycles. The summed E-state index contributed by atoms with van der Waals surface area (Å²) in [7, 11) is 1.79. The number of rotatable bonds is 1. The fraction of sp³-hybridized carbons (Fsp3) is 0.667. The van der Waals surface area contributed by atoms with Gasteiger partial charge in [-0.1, -0.05) is 11.3 Å². The number of anilines is 1. The Bertz CT molecular complexity index is 629. The molecular formula is C15H22N4O3S. The van der Waals surface area contributed by atoms with E-state index in [2.05, 4.69) is 9.88 Å². The van der Waals surface area contributed by atoms with Crippen LogP contribution in [0.25, 0.3) is 0 Å². The van der Waals surface area contributed by atoms with Crippen LogP contribution in [0.4, 0.5) is 9.93 Å². The molecule has 0 aliphatic carbocycles. The fourth-order valence-corrected chi connectivity index (χ4v) is 3.78. The number of piperazine rings is 1. The summed E-state index contributed by atoms with van der Waals surface area (Å²) >= 11 is 1.57. The monoisotopic (exact) mass is 338 g/mol. The van der Waals surface area contributed by atoms with Crippen LogP contribution in [0.5, 0.6) is 0 Å². The first-order chi connectivity index (χ1) is 10.7. The smallest absolute Gasteiger partial charge is 0.410 e. The zero-order chi connectivity index (χ0) is 16.8. The maximum atomic E-state index is 12.1. The van der Waals surface area contributed by atoms with Gasteiger partial charge in [-0.05, 0) is 20.8 Å². The first kappa shape index (κ1) is 16.0. The van der Waals surface area contributed by atoms with Gasteiger partial charge in [0.25, 0.3) is 5.91 Å². The number of carbonyl (C=O) groups is 2. The molecule has 0 saturated carbocycles. The lowest BCUT2D eigenvalue weighted by atomic mass is 10.2. The van der Waals surface area contributed by atoms with E-state index in [-0.39, 0.29) is 12.0 Å². The average molecular weight is 338 g/mol. The summed E-state index contributed by atoms with van der Waals surface area (Å²) in [6.07, 6.45) is -0.268. The Hall–Kier alpha value is -1.83. The Kier molecular flexibility index (Phi) is 3.95. The lowest BCUT2D eigenvalue weighted by Gasteiger charge is -2.35. The number of thiazole rings is 1. The van der Waals surface area contributed by atoms with E-state index in [1.54, 1.807) is 28.2 Å². The molecule has 0 aromatic carbocycles. The molecule has 1 saturated heterocycles. The van der Waals surface area contributed by atoms with E-state index in [9.17, 15) is 9.59 Å². The lowest BCUT2D eigenvalue weighted by molar-refractivity contribution is 0.0240. The van der Waals surface area contributed by atoms with Gasteiger partial charge in [-0.25, -0.2) is 9.78 Å². The second kappa shape index (κ2) is 5.67. The summed E-state index contributed by atoms with van der Waals surface area (Å²) < 4.78 is 5.40. The molecule has 0 unspecified atom stereocenters. The molecule has 1 fully saturated rings. The number of ether oxygens (including phenoxy) is 1. The molecule has 0 atom stereocenters. The molecular weight excluding hydrogens is 316 g/mol. The second-order valence-corrected chi connectivity index (χ2v) is 7.95. The highest BCUT2D eigenvalue weighted by Crippen LogP contribution is 2.32. The van der Waals surface area contributed by atoms with E-state index >= 15 is 0 Å². The molecule has 3 rings (SSSR count). The quantitative estimate of drug-likeness (QED) is 0.781. The van der Waals surface area contributed by atoms with Gasteiger partial charge in [-0.2, -0.15) is 0 Å². The second-order valence-electron chi connectivity index (χ2n) is 6.88. The van der Waals surface area contributed by atoms with Gasteiger partial charge in [-0.15, -0.1) is 0 Å². The molecule has 2 amide bonds. The summed E-state index contributed by atoms with van der Waals surface area (Å²) in [6.45, 7) is 8.86. The number of aromatic nitrogens is 1. The normalized spacial score (nSPS) is 18.4. The highest BCUT2D eigenvalue weighted by molar-refractivity contribution is 7.16. The van der Waals surface area contributed by atoms with Crippen LogP contribution in [0.1, 0.15) is 36.1 Å². The molecule has 0 spiro atoms. The number of fused-ring (bicyclic) bond motifs is 1. The van der Waals surface area contributed by atoms with Crippen molar-refractivity contribution in [2.24, 2.45) is 0 Å². The minimum absolute atomic E-state index is 0.00473. The van der Waals surface area contributed by atoms with Gasteiger partial charge in [0.15, 0.2) is 5.13 Å². The summed E-state index contributed by atoms with van der Waals surface area (Å²) in [5.41, 5.74) is 0.110. The molecule has 8 heteroatoms. The number of amides is 2. The molecule has 2 aliphatic rings. The maximum Gasteiger partial charge on any atom is 0.410 e. The van der Waals surface area contributed by atoms with Gasteiger partial charge in [0.05, 0.1) is 11.4 Å². The molecule has 0 bridgehead atoms. The molecule has 1 aromatic heterocycles. The van der Waals surface area contributed by atoms with E-state index in [0.717, 1.165) is 10.0 Å². The van der Waals surface area contributed by atoms with Crippen molar-refractivity contribution < 1.29 is 14.3 Å². The largest absolute Gasteiger partial charge is 0.444 e. The summed E-state index contributed by atoms with van der Waals surface area (Å²) in [6, 6.07) is 0. The van der Waals surface area contributed by atoms with Crippen molar-refractivity contribution in [1.29, 1.82) is 0 Å². The third kappa shape index (κ3) is 3.26. The highest BCUT2D eigenvalue weighted by atomic mass is 32.1. The van der Waals surface area contributed by atoms with Crippen LogP contribution in [0.3, 0.4) is 0 Å². The summed E-state index contributed by atoms with van der Waals surface area (Å²) in [4.78, 5) is 35.1. The maximum absolute atomic E-state index is 12.1. The average Bonchev–Trinajstić information content (AvgIpc) is 2.98. The molecule has 3 heterocycles. The van der Waals surface area contributed by atoms with Crippen molar-refractivity contribution >= 4 is 28.5 Å². The summed E-state index contributed by atoms with van der Waals surface area (Å²) in [5.74, 6) is -0.00473. The van der Waals surface area contributed by atoms with Gasteiger partial charge < -0.3 is 19.4 Å². The predicted octanol–water partition coefficient (Wildman–Crippen LogP) is 1.79. The van der Waals surface area contributed by atoms with Crippen molar-refractivity contribution in [3.8, 4) is 0 Å². The zero-order valence-corrected chi connectivity index (χ0v) is 14.8. The molecule has 23 heavy (non-hydrogen) atoms. The molecule has 0 radical (unpaired) electrons. The zero-order valence-electron chi connectivity index (χ0n) is 14.0. The number of carbonyl (C=O) groups excluding carboxylic acids is 2. The van der Waals surface area contributed by atoms with Crippen LogP contribution >= 0.6 is 11.3 Å². The minimum Gasteiger partial charge on any atom is -0.444 e. The van der Waals surface area contributed by atoms with E-state index in [4.69, 9.17) is 4.74 Å². The Labute approximate surface area is 139 Å². The van der Waals surface area contributed by atoms with Crippen molar-refractivity contribution in [1.82, 2.24) is 14.8 Å². The first-order valence-electron chi connectivity index (χ1n) is 7.72. The minimum atomic E-state index is -0.475. The van der Waals surface area contributed by atoms with Crippen LogP contribution in [0.15, 0.2) is 0 Å². The number of hydrogen-bond acceptors (Lipinski definition) is 6. The third-order valence-corrected chi connectivity index (χ3v) is 4.92. The fourth-order valence-electron chi connectivity index (χ4n) is 2.62. The first-order valence-corrected chi connectivity index (χ1v) is 8.54. The summed E-state index contributed by atoms with van der Waals surface area (Å²) in [5, 5.41) is 0.875. The Morgan fingerprint density at radius 1 is 1.22 bits per heavy atom. The van der Waals surface area contributed by atoms with Gasteiger partial charge >= 0.3 is 6.09 Å². The van der Waals surface area contributed by atoms with E-state index < -0.39 is 5.60 Å². The van der Waals surface area contributed by atoms with E-state index in [0.29, 0.717) is 38.4 Å². The van der Waals surface area contributed by atoms with Crippen molar-refractivity contribution in [2.45, 2.75) is 32.9 Å². The molecule has 1 aromatic rings. The predicted molar refractivity (Wildman–Crippen MR) is 87.9 cm³/mol. The standard InChI is InChI=1S/C15H22N4O3S/c1-15(2,3)22-14(21)19-7-5-18(6-8-19)13-16-11-10(23-13)9-17(4)12(11)20/h5-9H2,1-4H3. The van der Waals surface area contributed by atoms with E-state index in [1.807, 2.05) is 20.8 Å². The van der Waals surface area contributed by atoms with Crippen LogP contribution in [0, 0.1) is 0 Å². The molecule has 126 valence electrons. The third-order valence-electron chi connectivity index (χ3n) is 3.82. The van der Waals surface area contributed by atoms with Gasteiger partial charge in [0.1, 0.15) is 11.3 Å². The van der Waals surface area contributed by atoms with Crippen LogP contribution in [-0.2, 0) is 11.3 Å². The molecule has 7 nitrogen and oxygen atoms in total. The van der Waals surface area contributed by atoms with E-state index in [1.165, 1.54) is 0 Å². The van der Waals surface area contributed by atoms with Crippen molar-refractivity contribution in [2.75, 3.05) is 38.1 Å². The molecule has 0 N–H and O–H groups in total. The van der Waals surface area contributed by atoms with Crippen LogP contribution in [-0.4, -0.2) is 65.6 Å². The SMILES string of the molecule is CN1Cc2sc(N3CCN(C(=O)OC(C)(C)C)CC3)nc2C1=O. The van der Waals surface area contributed by atoms with Crippen LogP contribution < -0.4 is 4.90 Å². The Morgan fingerprint density at radius 3 is 2.43 bits per heavy atom. The van der Waals surface area contributed by atoms with Crippen molar-refractivity contribution in [3.63, 3.8) is 0 Å². The van der Waals surface area contributed by atoms with Crippen LogP contribution in [0.2, 0.25) is 0 Å². The number of hydrogen-bond donors (Lipinski definition) is 0. The van der Waals surface area contributed by atoms with Gasteiger partial charge in [0, 0.05) is 33.2 Å². The topological polar surface area (TPSA) is 66.0 Å². The highest BCUT2D eigenvalue weighted by Gasteiger charge is 2.32. The van der Waals surface area contributed by atoms with Crippen molar-refractivity contribution in [3.05, 3.63) is 10.6 Å². The Morgan fingerprint density at radius 2 is 1.87 bits per heavy atom. The van der Waals surface area contributed by atoms with Gasteiger partial charge in [-0.3, -0.25) is 4.79 Å². The number of nitrogens with zero attached hydrogens (tertiary/aromatic N) is 4. The lowest BCUT2D eigenvalue weighted by Crippen LogP contribution is -2.50. The Balaban J connectivity index is 1.60.